The molecule has 0 aliphatic carbocycles. The van der Waals surface area contributed by atoms with Crippen LogP contribution in [0.25, 0.3) is 0 Å². The van der Waals surface area contributed by atoms with Crippen LogP contribution in [0.15, 0.2) is 24.3 Å². The Balaban J connectivity index is 0.00000112. The molecule has 0 atom stereocenters. The predicted molar refractivity (Wildman–Crippen MR) is 55.9 cm³/mol. The maximum absolute atomic E-state index is 11.9. The van der Waals surface area contributed by atoms with Crippen molar-refractivity contribution in [2.24, 2.45) is 0 Å². The van der Waals surface area contributed by atoms with E-state index in [0.29, 0.717) is 5.92 Å². The summed E-state index contributed by atoms with van der Waals surface area (Å²) in [6.07, 6.45) is 0. The van der Waals surface area contributed by atoms with E-state index in [9.17, 15) is 8.78 Å². The van der Waals surface area contributed by atoms with Gasteiger partial charge in [-0.25, -0.2) is 0 Å². The summed E-state index contributed by atoms with van der Waals surface area (Å²) in [6.45, 7) is -0.916. The molecule has 0 aromatic heterocycles. The summed E-state index contributed by atoms with van der Waals surface area (Å²) in [6, 6.07) is 6.90. The van der Waals surface area contributed by atoms with Gasteiger partial charge in [-0.2, -0.15) is 8.78 Å². The molecule has 1 aromatic carbocycles. The minimum atomic E-state index is -2.75. The lowest BCUT2D eigenvalue weighted by atomic mass is 9.94. The maximum atomic E-state index is 11.9. The molecule has 1 aliphatic heterocycles. The van der Waals surface area contributed by atoms with E-state index in [1.807, 2.05) is 6.07 Å². The Morgan fingerprint density at radius 1 is 1.33 bits per heavy atom. The van der Waals surface area contributed by atoms with Crippen LogP contribution in [0.5, 0.6) is 5.75 Å². The van der Waals surface area contributed by atoms with Crippen molar-refractivity contribution in [1.29, 1.82) is 0 Å². The Bertz CT molecular complexity index is 318. The molecule has 0 saturated carbocycles. The Labute approximate surface area is 93.0 Å². The largest absolute Gasteiger partial charge is 0.435 e. The molecule has 0 amide bonds. The summed E-state index contributed by atoms with van der Waals surface area (Å²) < 4.78 is 28.1. The third-order valence-corrected chi connectivity index (χ3v) is 2.34. The average Bonchev–Trinajstić information content (AvgIpc) is 1.99. The SMILES string of the molecule is Cl.FC(F)Oc1cccc(C2CNC2)c1. The molecule has 15 heavy (non-hydrogen) atoms. The van der Waals surface area contributed by atoms with Crippen LogP contribution in [-0.4, -0.2) is 19.7 Å². The fourth-order valence-electron chi connectivity index (χ4n) is 1.47. The van der Waals surface area contributed by atoms with Crippen molar-refractivity contribution >= 4 is 12.4 Å². The molecule has 0 spiro atoms. The van der Waals surface area contributed by atoms with E-state index in [1.165, 1.54) is 0 Å². The molecular weight excluding hydrogens is 224 g/mol. The zero-order valence-electron chi connectivity index (χ0n) is 7.95. The number of benzene rings is 1. The summed E-state index contributed by atoms with van der Waals surface area (Å²) in [4.78, 5) is 0. The third kappa shape index (κ3) is 3.04. The third-order valence-electron chi connectivity index (χ3n) is 2.34. The fraction of sp³-hybridized carbons (Fsp3) is 0.400. The van der Waals surface area contributed by atoms with Crippen LogP contribution in [0.3, 0.4) is 0 Å². The van der Waals surface area contributed by atoms with Crippen LogP contribution < -0.4 is 10.1 Å². The van der Waals surface area contributed by atoms with Gasteiger partial charge in [0.15, 0.2) is 0 Å². The zero-order chi connectivity index (χ0) is 9.97. The van der Waals surface area contributed by atoms with Crippen molar-refractivity contribution in [3.63, 3.8) is 0 Å². The highest BCUT2D eigenvalue weighted by Crippen LogP contribution is 2.24. The molecule has 1 aromatic rings. The van der Waals surface area contributed by atoms with Gasteiger partial charge in [-0.05, 0) is 17.7 Å². The van der Waals surface area contributed by atoms with E-state index in [-0.39, 0.29) is 18.2 Å². The Morgan fingerprint density at radius 2 is 2.07 bits per heavy atom. The van der Waals surface area contributed by atoms with Gasteiger partial charge in [0.25, 0.3) is 0 Å². The predicted octanol–water partition coefficient (Wildman–Crippen LogP) is 2.40. The van der Waals surface area contributed by atoms with Gasteiger partial charge in [0, 0.05) is 19.0 Å². The molecule has 2 rings (SSSR count). The van der Waals surface area contributed by atoms with E-state index in [2.05, 4.69) is 10.1 Å². The number of hydrogen-bond acceptors (Lipinski definition) is 2. The first-order valence-electron chi connectivity index (χ1n) is 4.51. The van der Waals surface area contributed by atoms with Crippen molar-refractivity contribution in [3.8, 4) is 5.75 Å². The molecule has 0 unspecified atom stereocenters. The van der Waals surface area contributed by atoms with Gasteiger partial charge in [-0.1, -0.05) is 12.1 Å². The zero-order valence-corrected chi connectivity index (χ0v) is 8.77. The summed E-state index contributed by atoms with van der Waals surface area (Å²) in [5, 5.41) is 3.13. The summed E-state index contributed by atoms with van der Waals surface area (Å²) in [5.41, 5.74) is 1.06. The molecule has 1 N–H and O–H groups in total. The van der Waals surface area contributed by atoms with Crippen LogP contribution in [0, 0.1) is 0 Å². The molecule has 1 aliphatic rings. The maximum Gasteiger partial charge on any atom is 0.387 e. The van der Waals surface area contributed by atoms with E-state index in [4.69, 9.17) is 0 Å². The van der Waals surface area contributed by atoms with Crippen molar-refractivity contribution in [2.75, 3.05) is 13.1 Å². The minimum absolute atomic E-state index is 0. The molecule has 5 heteroatoms. The lowest BCUT2D eigenvalue weighted by molar-refractivity contribution is -0.0499. The molecule has 84 valence electrons. The summed E-state index contributed by atoms with van der Waals surface area (Å²) >= 11 is 0. The quantitative estimate of drug-likeness (QED) is 0.869. The Hall–Kier alpha value is -0.870. The van der Waals surface area contributed by atoms with Crippen molar-refractivity contribution in [2.45, 2.75) is 12.5 Å². The van der Waals surface area contributed by atoms with Gasteiger partial charge in [0.05, 0.1) is 0 Å². The minimum Gasteiger partial charge on any atom is -0.435 e. The molecule has 0 radical (unpaired) electrons. The summed E-state index contributed by atoms with van der Waals surface area (Å²) in [5.74, 6) is 0.681. The lowest BCUT2D eigenvalue weighted by Gasteiger charge is -2.27. The van der Waals surface area contributed by atoms with Gasteiger partial charge in [0.2, 0.25) is 0 Å². The molecule has 1 heterocycles. The summed E-state index contributed by atoms with van der Waals surface area (Å²) in [7, 11) is 0. The molecular formula is C10H12ClF2NO. The number of nitrogens with one attached hydrogen (secondary N) is 1. The highest BCUT2D eigenvalue weighted by atomic mass is 35.5. The Kier molecular flexibility index (Phi) is 4.29. The first-order chi connectivity index (χ1) is 6.75. The number of rotatable bonds is 3. The van der Waals surface area contributed by atoms with Crippen LogP contribution in [0.2, 0.25) is 0 Å². The average molecular weight is 236 g/mol. The van der Waals surface area contributed by atoms with Crippen molar-refractivity contribution in [1.82, 2.24) is 5.32 Å². The number of alkyl halides is 2. The molecule has 1 fully saturated rings. The van der Waals surface area contributed by atoms with Crippen LogP contribution in [-0.2, 0) is 0 Å². The monoisotopic (exact) mass is 235 g/mol. The Morgan fingerprint density at radius 3 is 2.60 bits per heavy atom. The second-order valence-electron chi connectivity index (χ2n) is 3.31. The number of halogens is 3. The van der Waals surface area contributed by atoms with Gasteiger partial charge < -0.3 is 10.1 Å². The van der Waals surface area contributed by atoms with Crippen molar-refractivity contribution < 1.29 is 13.5 Å². The first-order valence-corrected chi connectivity index (χ1v) is 4.51. The van der Waals surface area contributed by atoms with Gasteiger partial charge in [-0.3, -0.25) is 0 Å². The van der Waals surface area contributed by atoms with Crippen LogP contribution >= 0.6 is 12.4 Å². The van der Waals surface area contributed by atoms with Crippen LogP contribution in [0.4, 0.5) is 8.78 Å². The fourth-order valence-corrected chi connectivity index (χ4v) is 1.47. The molecule has 2 nitrogen and oxygen atoms in total. The van der Waals surface area contributed by atoms with Crippen molar-refractivity contribution in [3.05, 3.63) is 29.8 Å². The number of ether oxygens (including phenoxy) is 1. The standard InChI is InChI=1S/C10H11F2NO.ClH/c11-10(12)14-9-3-1-2-7(4-9)8-5-13-6-8;/h1-4,8,10,13H,5-6H2;1H. The molecule has 1 saturated heterocycles. The van der Waals surface area contributed by atoms with Gasteiger partial charge >= 0.3 is 6.61 Å². The lowest BCUT2D eigenvalue weighted by Crippen LogP contribution is -2.39. The topological polar surface area (TPSA) is 21.3 Å². The van der Waals surface area contributed by atoms with E-state index in [0.717, 1.165) is 18.7 Å². The van der Waals surface area contributed by atoms with Gasteiger partial charge in [0.1, 0.15) is 5.75 Å². The van der Waals surface area contributed by atoms with E-state index >= 15 is 0 Å². The second-order valence-corrected chi connectivity index (χ2v) is 3.31. The van der Waals surface area contributed by atoms with Gasteiger partial charge in [-0.15, -0.1) is 12.4 Å². The number of hydrogen-bond donors (Lipinski definition) is 1. The second kappa shape index (κ2) is 5.28. The highest BCUT2D eigenvalue weighted by Gasteiger charge is 2.19. The highest BCUT2D eigenvalue weighted by molar-refractivity contribution is 5.85. The smallest absolute Gasteiger partial charge is 0.387 e. The normalized spacial score (nSPS) is 15.7. The van der Waals surface area contributed by atoms with Crippen LogP contribution in [0.1, 0.15) is 11.5 Å². The first kappa shape index (κ1) is 12.2. The molecule has 0 bridgehead atoms. The van der Waals surface area contributed by atoms with E-state index < -0.39 is 6.61 Å². The van der Waals surface area contributed by atoms with E-state index in [1.54, 1.807) is 18.2 Å².